The number of carbonyl (C=O) groups excluding carboxylic acids is 1. The summed E-state index contributed by atoms with van der Waals surface area (Å²) >= 11 is 0. The van der Waals surface area contributed by atoms with Crippen LogP contribution in [0.2, 0.25) is 0 Å². The number of alkyl halides is 3. The largest absolute Gasteiger partial charge is 0.425 e. The van der Waals surface area contributed by atoms with E-state index in [1.54, 1.807) is 12.1 Å². The number of fused-ring (bicyclic) bond motifs is 1. The highest BCUT2D eigenvalue weighted by molar-refractivity contribution is 7.86. The lowest BCUT2D eigenvalue weighted by Crippen LogP contribution is -2.48. The molecule has 10 heteroatoms. The first kappa shape index (κ1) is 24.0. The molecule has 0 N–H and O–H groups in total. The summed E-state index contributed by atoms with van der Waals surface area (Å²) in [6.07, 6.45) is -5.30. The number of rotatable bonds is 5. The average Bonchev–Trinajstić information content (AvgIpc) is 2.78. The average molecular weight is 493 g/mol. The molecular weight excluding hydrogens is 469 g/mol. The van der Waals surface area contributed by atoms with Gasteiger partial charge in [0.15, 0.2) is 0 Å². The van der Waals surface area contributed by atoms with Crippen molar-refractivity contribution in [3.05, 3.63) is 83.4 Å². The van der Waals surface area contributed by atoms with Crippen LogP contribution < -0.4 is 0 Å². The molecule has 4 rings (SSSR count). The zero-order chi connectivity index (χ0) is 24.3. The highest BCUT2D eigenvalue weighted by Crippen LogP contribution is 2.29. The Labute approximate surface area is 195 Å². The fourth-order valence-electron chi connectivity index (χ4n) is 3.87. The number of nitrogens with zero attached hydrogens (tertiary/aromatic N) is 2. The lowest BCUT2D eigenvalue weighted by molar-refractivity contribution is -0.137. The van der Waals surface area contributed by atoms with E-state index in [2.05, 4.69) is 0 Å². The molecule has 1 aliphatic rings. The number of amides is 1. The second kappa shape index (κ2) is 9.63. The first-order chi connectivity index (χ1) is 16.1. The van der Waals surface area contributed by atoms with Gasteiger partial charge in [0.25, 0.3) is 0 Å². The van der Waals surface area contributed by atoms with Gasteiger partial charge in [-0.2, -0.15) is 21.6 Å². The molecule has 0 aromatic heterocycles. The Bertz CT molecular complexity index is 1270. The van der Waals surface area contributed by atoms with Crippen LogP contribution in [0, 0.1) is 0 Å². The third kappa shape index (κ3) is 6.06. The van der Waals surface area contributed by atoms with E-state index in [4.69, 9.17) is 4.18 Å². The third-order valence-corrected chi connectivity index (χ3v) is 6.76. The van der Waals surface area contributed by atoms with Gasteiger partial charge in [-0.15, -0.1) is 0 Å². The van der Waals surface area contributed by atoms with Crippen LogP contribution in [0.3, 0.4) is 0 Å². The zero-order valence-corrected chi connectivity index (χ0v) is 19.0. The number of hydrogen-bond acceptors (Lipinski definition) is 5. The van der Waals surface area contributed by atoms with Crippen LogP contribution in [0.25, 0.3) is 10.8 Å². The van der Waals surface area contributed by atoms with Crippen molar-refractivity contribution in [2.24, 2.45) is 0 Å². The van der Waals surface area contributed by atoms with E-state index < -0.39 is 33.7 Å². The Morgan fingerprint density at radius 1 is 0.853 bits per heavy atom. The smallest absolute Gasteiger partial charge is 0.327 e. The van der Waals surface area contributed by atoms with Crippen molar-refractivity contribution in [2.75, 3.05) is 26.2 Å². The summed E-state index contributed by atoms with van der Waals surface area (Å²) in [6.45, 7) is 1.83. The van der Waals surface area contributed by atoms with E-state index >= 15 is 0 Å². The Kier molecular flexibility index (Phi) is 6.81. The molecule has 0 saturated carbocycles. The van der Waals surface area contributed by atoms with Gasteiger partial charge in [-0.3, -0.25) is 4.90 Å². The van der Waals surface area contributed by atoms with Crippen LogP contribution in [-0.4, -0.2) is 50.5 Å². The van der Waals surface area contributed by atoms with Crippen LogP contribution >= 0.6 is 0 Å². The lowest BCUT2D eigenvalue weighted by Gasteiger charge is -2.33. The summed E-state index contributed by atoms with van der Waals surface area (Å²) < 4.78 is 67.8. The van der Waals surface area contributed by atoms with Gasteiger partial charge < -0.3 is 9.08 Å². The molecule has 1 saturated heterocycles. The molecule has 1 fully saturated rings. The summed E-state index contributed by atoms with van der Waals surface area (Å²) in [5.74, 6) is -0.419. The van der Waals surface area contributed by atoms with Crippen molar-refractivity contribution in [3.8, 4) is 0 Å². The van der Waals surface area contributed by atoms with E-state index in [-0.39, 0.29) is 13.1 Å². The Hall–Kier alpha value is -3.11. The van der Waals surface area contributed by atoms with Gasteiger partial charge in [-0.25, -0.2) is 4.79 Å². The van der Waals surface area contributed by atoms with Gasteiger partial charge >= 0.3 is 22.4 Å². The second-order valence-corrected chi connectivity index (χ2v) is 9.76. The standard InChI is InChI=1S/C24H23F3N2O4S/c25-24(26,27)22-9-6-18(7-10-22)16-28-11-13-29(14-12-28)23(30)33-34(31,32)17-19-5-8-20-3-1-2-4-21(20)15-19/h1-10,15H,11-14,16-17H2. The number of carbonyl (C=O) groups is 1. The topological polar surface area (TPSA) is 66.9 Å². The minimum Gasteiger partial charge on any atom is -0.327 e. The first-order valence-electron chi connectivity index (χ1n) is 10.7. The van der Waals surface area contributed by atoms with Crippen LogP contribution in [0.4, 0.5) is 18.0 Å². The molecule has 0 atom stereocenters. The summed E-state index contributed by atoms with van der Waals surface area (Å²) in [5, 5.41) is 1.88. The minimum atomic E-state index is -4.38. The van der Waals surface area contributed by atoms with Gasteiger partial charge in [-0.1, -0.05) is 54.6 Å². The van der Waals surface area contributed by atoms with E-state index in [1.807, 2.05) is 35.2 Å². The second-order valence-electron chi connectivity index (χ2n) is 8.19. The molecule has 3 aromatic carbocycles. The van der Waals surface area contributed by atoms with Crippen molar-refractivity contribution in [1.82, 2.24) is 9.80 Å². The predicted octanol–water partition coefficient (Wildman–Crippen LogP) is 4.64. The SMILES string of the molecule is O=C(OS(=O)(=O)Cc1ccc2ccccc2c1)N1CCN(Cc2ccc(C(F)(F)F)cc2)CC1. The first-order valence-corrected chi connectivity index (χ1v) is 12.2. The number of hydrogen-bond donors (Lipinski definition) is 0. The molecule has 0 aliphatic carbocycles. The maximum atomic E-state index is 12.7. The van der Waals surface area contributed by atoms with Gasteiger partial charge in [0.05, 0.1) is 5.56 Å². The summed E-state index contributed by atoms with van der Waals surface area (Å²) in [6, 6.07) is 17.8. The van der Waals surface area contributed by atoms with Crippen molar-refractivity contribution < 1.29 is 30.6 Å². The molecule has 180 valence electrons. The highest BCUT2D eigenvalue weighted by Gasteiger charge is 2.30. The molecule has 0 spiro atoms. The van der Waals surface area contributed by atoms with Crippen LogP contribution in [0.5, 0.6) is 0 Å². The maximum Gasteiger partial charge on any atom is 0.425 e. The molecule has 0 radical (unpaired) electrons. The summed E-state index contributed by atoms with van der Waals surface area (Å²) in [4.78, 5) is 15.7. The van der Waals surface area contributed by atoms with E-state index in [1.165, 1.54) is 17.0 Å². The quantitative estimate of drug-likeness (QED) is 0.486. The fourth-order valence-corrected chi connectivity index (χ4v) is 4.84. The molecule has 34 heavy (non-hydrogen) atoms. The van der Waals surface area contributed by atoms with E-state index in [9.17, 15) is 26.4 Å². The molecule has 0 bridgehead atoms. The molecule has 3 aromatic rings. The summed E-state index contributed by atoms with van der Waals surface area (Å²) in [5.41, 5.74) is 0.545. The van der Waals surface area contributed by atoms with Gasteiger partial charge in [0.2, 0.25) is 0 Å². The molecule has 1 heterocycles. The maximum absolute atomic E-state index is 12.7. The highest BCUT2D eigenvalue weighted by atomic mass is 32.2. The number of piperazine rings is 1. The van der Waals surface area contributed by atoms with Crippen molar-refractivity contribution in [2.45, 2.75) is 18.5 Å². The Morgan fingerprint density at radius 3 is 2.12 bits per heavy atom. The van der Waals surface area contributed by atoms with Crippen molar-refractivity contribution >= 4 is 27.0 Å². The van der Waals surface area contributed by atoms with Crippen molar-refractivity contribution in [1.29, 1.82) is 0 Å². The van der Waals surface area contributed by atoms with Crippen molar-refractivity contribution in [3.63, 3.8) is 0 Å². The number of halogens is 3. The molecular formula is C24H23F3N2O4S. The normalized spacial score (nSPS) is 15.4. The molecule has 1 amide bonds. The van der Waals surface area contributed by atoms with E-state index in [0.29, 0.717) is 25.2 Å². The van der Waals surface area contributed by atoms with Crippen LogP contribution in [0.1, 0.15) is 16.7 Å². The molecule has 0 unspecified atom stereocenters. The monoisotopic (exact) mass is 492 g/mol. The van der Waals surface area contributed by atoms with Gasteiger partial charge in [0.1, 0.15) is 5.75 Å². The van der Waals surface area contributed by atoms with Crippen LogP contribution in [0.15, 0.2) is 66.7 Å². The van der Waals surface area contributed by atoms with Gasteiger partial charge in [-0.05, 0) is 34.0 Å². The fraction of sp³-hybridized carbons (Fsp3) is 0.292. The minimum absolute atomic E-state index is 0.255. The zero-order valence-electron chi connectivity index (χ0n) is 18.2. The van der Waals surface area contributed by atoms with E-state index in [0.717, 1.165) is 28.5 Å². The lowest BCUT2D eigenvalue weighted by atomic mass is 10.1. The van der Waals surface area contributed by atoms with Crippen LogP contribution in [-0.2, 0) is 32.8 Å². The summed E-state index contributed by atoms with van der Waals surface area (Å²) in [7, 11) is -4.13. The Balaban J connectivity index is 1.28. The number of benzene rings is 3. The molecule has 1 aliphatic heterocycles. The predicted molar refractivity (Wildman–Crippen MR) is 121 cm³/mol. The van der Waals surface area contributed by atoms with Gasteiger partial charge in [0, 0.05) is 32.7 Å². The molecule has 6 nitrogen and oxygen atoms in total. The third-order valence-electron chi connectivity index (χ3n) is 5.67. The Morgan fingerprint density at radius 2 is 1.47 bits per heavy atom.